The molecule has 2 atom stereocenters. The van der Waals surface area contributed by atoms with Crippen LogP contribution in [0.3, 0.4) is 0 Å². The number of aromatic nitrogens is 3. The molecule has 1 fully saturated rings. The first kappa shape index (κ1) is 19.1. The molecule has 0 bridgehead atoms. The van der Waals surface area contributed by atoms with Crippen LogP contribution in [0.25, 0.3) is 0 Å². The van der Waals surface area contributed by atoms with Gasteiger partial charge in [-0.2, -0.15) is 4.31 Å². The molecule has 0 saturated carbocycles. The van der Waals surface area contributed by atoms with Crippen LogP contribution >= 0.6 is 0 Å². The fraction of sp³-hybridized carbons (Fsp3) is 0.286. The van der Waals surface area contributed by atoms with Crippen LogP contribution in [0.1, 0.15) is 11.3 Å². The van der Waals surface area contributed by atoms with Crippen molar-refractivity contribution in [3.63, 3.8) is 0 Å². The van der Waals surface area contributed by atoms with Gasteiger partial charge in [-0.3, -0.25) is 14.9 Å². The van der Waals surface area contributed by atoms with E-state index in [4.69, 9.17) is 4.74 Å². The number of rotatable bonds is 4. The quantitative estimate of drug-likeness (QED) is 0.631. The van der Waals surface area contributed by atoms with Gasteiger partial charge in [0, 0.05) is 44.4 Å². The second-order valence-corrected chi connectivity index (χ2v) is 9.32. The predicted molar refractivity (Wildman–Crippen MR) is 109 cm³/mol. The average Bonchev–Trinajstić information content (AvgIpc) is 3.11. The number of nitrogens with zero attached hydrogens (tertiary/aromatic N) is 5. The number of ether oxygens (including phenoxy) is 1. The third kappa shape index (κ3) is 3.55. The molecular formula is C21H21N5O3S. The molecule has 2 aliphatic heterocycles. The second kappa shape index (κ2) is 7.75. The lowest BCUT2D eigenvalue weighted by molar-refractivity contribution is 0.143. The Morgan fingerprint density at radius 2 is 1.83 bits per heavy atom. The van der Waals surface area contributed by atoms with Crippen molar-refractivity contribution in [2.75, 3.05) is 13.1 Å². The van der Waals surface area contributed by atoms with E-state index in [1.807, 2.05) is 36.5 Å². The first-order valence-corrected chi connectivity index (χ1v) is 11.2. The summed E-state index contributed by atoms with van der Waals surface area (Å²) in [5.41, 5.74) is 1.77. The summed E-state index contributed by atoms with van der Waals surface area (Å²) in [6.45, 7) is 2.02. The summed E-state index contributed by atoms with van der Waals surface area (Å²) < 4.78 is 34.8. The Bertz CT molecular complexity index is 1130. The van der Waals surface area contributed by atoms with E-state index in [-0.39, 0.29) is 29.5 Å². The molecule has 1 saturated heterocycles. The molecule has 8 nitrogen and oxygen atoms in total. The van der Waals surface area contributed by atoms with Gasteiger partial charge >= 0.3 is 0 Å². The van der Waals surface area contributed by atoms with Crippen LogP contribution in [0.2, 0.25) is 0 Å². The Labute approximate surface area is 175 Å². The van der Waals surface area contributed by atoms with Gasteiger partial charge in [-0.1, -0.05) is 12.1 Å². The minimum absolute atomic E-state index is 0.106. The third-order valence-corrected chi connectivity index (χ3v) is 7.33. The number of hydrogen-bond acceptors (Lipinski definition) is 7. The van der Waals surface area contributed by atoms with Crippen molar-refractivity contribution >= 4 is 10.0 Å². The Kier molecular flexibility index (Phi) is 4.93. The molecule has 5 heterocycles. The SMILES string of the molecule is O=S1(=O)c2cccnc2O[C@H]2CN(Cc3cccnc3)C[C@@H]2N1Cc1ccccn1. The van der Waals surface area contributed by atoms with Crippen molar-refractivity contribution in [1.82, 2.24) is 24.2 Å². The van der Waals surface area contributed by atoms with Gasteiger partial charge in [0.05, 0.1) is 18.3 Å². The van der Waals surface area contributed by atoms with E-state index < -0.39 is 10.0 Å². The molecular weight excluding hydrogens is 402 g/mol. The summed E-state index contributed by atoms with van der Waals surface area (Å²) in [7, 11) is -3.80. The minimum atomic E-state index is -3.80. The molecule has 30 heavy (non-hydrogen) atoms. The molecule has 3 aromatic rings. The van der Waals surface area contributed by atoms with Gasteiger partial charge in [0.1, 0.15) is 11.0 Å². The fourth-order valence-electron chi connectivity index (χ4n) is 4.07. The topological polar surface area (TPSA) is 88.5 Å². The van der Waals surface area contributed by atoms with Crippen molar-refractivity contribution in [3.05, 3.63) is 78.5 Å². The number of fused-ring (bicyclic) bond motifs is 2. The van der Waals surface area contributed by atoms with Crippen molar-refractivity contribution < 1.29 is 13.2 Å². The van der Waals surface area contributed by atoms with E-state index >= 15 is 0 Å². The molecule has 0 aliphatic carbocycles. The van der Waals surface area contributed by atoms with Gasteiger partial charge in [0.2, 0.25) is 15.9 Å². The van der Waals surface area contributed by atoms with Gasteiger partial charge in [-0.25, -0.2) is 13.4 Å². The number of sulfonamides is 1. The van der Waals surface area contributed by atoms with Crippen LogP contribution in [-0.4, -0.2) is 57.8 Å². The number of pyridine rings is 3. The predicted octanol–water partition coefficient (Wildman–Crippen LogP) is 1.71. The number of likely N-dealkylation sites (tertiary alicyclic amines) is 1. The monoisotopic (exact) mass is 423 g/mol. The zero-order chi connectivity index (χ0) is 20.6. The highest BCUT2D eigenvalue weighted by Gasteiger charge is 2.47. The van der Waals surface area contributed by atoms with Crippen LogP contribution in [-0.2, 0) is 23.1 Å². The Hall–Kier alpha value is -2.88. The van der Waals surface area contributed by atoms with Gasteiger partial charge < -0.3 is 4.74 Å². The fourth-order valence-corrected chi connectivity index (χ4v) is 5.75. The van der Waals surface area contributed by atoms with Crippen LogP contribution in [0.5, 0.6) is 5.88 Å². The zero-order valence-corrected chi connectivity index (χ0v) is 17.0. The standard InChI is InChI=1S/C21H21N5O3S/c27-30(28)20-7-4-10-24-21(20)29-19-15-25(12-16-5-3-8-22-11-16)14-18(19)26(30)13-17-6-1-2-9-23-17/h1-11,18-19H,12-15H2/t18-,19-/m0/s1. The smallest absolute Gasteiger partial charge is 0.249 e. The molecule has 0 amide bonds. The molecule has 3 aromatic heterocycles. The lowest BCUT2D eigenvalue weighted by Crippen LogP contribution is -2.46. The first-order chi connectivity index (χ1) is 14.6. The van der Waals surface area contributed by atoms with E-state index in [2.05, 4.69) is 19.9 Å². The maximum absolute atomic E-state index is 13.6. The van der Waals surface area contributed by atoms with Crippen molar-refractivity contribution in [3.8, 4) is 5.88 Å². The molecule has 2 aliphatic rings. The highest BCUT2D eigenvalue weighted by Crippen LogP contribution is 2.35. The molecule has 0 spiro atoms. The molecule has 9 heteroatoms. The first-order valence-electron chi connectivity index (χ1n) is 9.76. The second-order valence-electron chi connectivity index (χ2n) is 7.46. The summed E-state index contributed by atoms with van der Waals surface area (Å²) >= 11 is 0. The molecule has 0 radical (unpaired) electrons. The Morgan fingerprint density at radius 1 is 0.967 bits per heavy atom. The van der Waals surface area contributed by atoms with Crippen LogP contribution in [0.4, 0.5) is 0 Å². The molecule has 0 aromatic carbocycles. The largest absolute Gasteiger partial charge is 0.470 e. The van der Waals surface area contributed by atoms with E-state index in [0.717, 1.165) is 5.56 Å². The molecule has 0 N–H and O–H groups in total. The summed E-state index contributed by atoms with van der Waals surface area (Å²) in [4.78, 5) is 15.0. The van der Waals surface area contributed by atoms with E-state index in [0.29, 0.717) is 25.3 Å². The lowest BCUT2D eigenvalue weighted by atomic mass is 10.2. The normalized spacial score (nSPS) is 23.2. The van der Waals surface area contributed by atoms with Crippen LogP contribution in [0.15, 0.2) is 72.1 Å². The van der Waals surface area contributed by atoms with Crippen molar-refractivity contribution in [2.24, 2.45) is 0 Å². The molecule has 0 unspecified atom stereocenters. The molecule has 154 valence electrons. The van der Waals surface area contributed by atoms with Gasteiger partial charge in [-0.15, -0.1) is 0 Å². The van der Waals surface area contributed by atoms with Crippen molar-refractivity contribution in [1.29, 1.82) is 0 Å². The Balaban J connectivity index is 1.51. The van der Waals surface area contributed by atoms with E-state index in [1.165, 1.54) is 4.31 Å². The van der Waals surface area contributed by atoms with Crippen LogP contribution in [0, 0.1) is 0 Å². The van der Waals surface area contributed by atoms with Gasteiger partial charge in [0.15, 0.2) is 0 Å². The third-order valence-electron chi connectivity index (χ3n) is 5.44. The molecule has 5 rings (SSSR count). The highest BCUT2D eigenvalue weighted by molar-refractivity contribution is 7.89. The lowest BCUT2D eigenvalue weighted by Gasteiger charge is -2.27. The maximum Gasteiger partial charge on any atom is 0.249 e. The van der Waals surface area contributed by atoms with E-state index in [9.17, 15) is 8.42 Å². The summed E-state index contributed by atoms with van der Waals surface area (Å²) in [6.07, 6.45) is 6.47. The highest BCUT2D eigenvalue weighted by atomic mass is 32.2. The van der Waals surface area contributed by atoms with Crippen LogP contribution < -0.4 is 4.74 Å². The van der Waals surface area contributed by atoms with E-state index in [1.54, 1.807) is 30.7 Å². The summed E-state index contributed by atoms with van der Waals surface area (Å²) in [5, 5.41) is 0. The van der Waals surface area contributed by atoms with Gasteiger partial charge in [0.25, 0.3) is 0 Å². The summed E-state index contributed by atoms with van der Waals surface area (Å²) in [6, 6.07) is 12.3. The van der Waals surface area contributed by atoms with Crippen molar-refractivity contribution in [2.45, 2.75) is 30.1 Å². The average molecular weight is 423 g/mol. The van der Waals surface area contributed by atoms with Gasteiger partial charge in [-0.05, 0) is 35.9 Å². The Morgan fingerprint density at radius 3 is 2.63 bits per heavy atom. The maximum atomic E-state index is 13.6. The summed E-state index contributed by atoms with van der Waals surface area (Å²) in [5.74, 6) is 0.166. The zero-order valence-electron chi connectivity index (χ0n) is 16.2. The number of hydrogen-bond donors (Lipinski definition) is 0. The minimum Gasteiger partial charge on any atom is -0.470 e.